The lowest BCUT2D eigenvalue weighted by Gasteiger charge is -2.41. The molecule has 9 heteroatoms. The average Bonchev–Trinajstić information content (AvgIpc) is 3.26. The van der Waals surface area contributed by atoms with Crippen LogP contribution in [-0.2, 0) is 0 Å². The summed E-state index contributed by atoms with van der Waals surface area (Å²) < 4.78 is 13.8. The van der Waals surface area contributed by atoms with E-state index in [-0.39, 0.29) is 11.7 Å². The van der Waals surface area contributed by atoms with Crippen LogP contribution in [0.2, 0.25) is 5.02 Å². The Balaban J connectivity index is 1.49. The molecule has 2 atom stereocenters. The highest BCUT2D eigenvalue weighted by Gasteiger charge is 2.29. The smallest absolute Gasteiger partial charge is 0.228 e. The van der Waals surface area contributed by atoms with Gasteiger partial charge in [-0.2, -0.15) is 4.98 Å². The van der Waals surface area contributed by atoms with E-state index >= 15 is 0 Å². The van der Waals surface area contributed by atoms with Crippen LogP contribution in [0, 0.1) is 5.82 Å². The van der Waals surface area contributed by atoms with Gasteiger partial charge in [-0.15, -0.1) is 0 Å². The Morgan fingerprint density at radius 1 is 1.03 bits per heavy atom. The molecule has 5 rings (SSSR count). The lowest BCUT2D eigenvalue weighted by molar-refractivity contribution is 0.542. The second-order valence-corrected chi connectivity index (χ2v) is 9.54. The summed E-state index contributed by atoms with van der Waals surface area (Å²) in [6.07, 6.45) is 4.01. The zero-order valence-corrected chi connectivity index (χ0v) is 20.2. The van der Waals surface area contributed by atoms with Crippen molar-refractivity contribution in [3.05, 3.63) is 53.4 Å². The van der Waals surface area contributed by atoms with E-state index in [1.807, 2.05) is 18.2 Å². The summed E-state index contributed by atoms with van der Waals surface area (Å²) in [6, 6.07) is 11.0. The fourth-order valence-corrected chi connectivity index (χ4v) is 5.12. The minimum atomic E-state index is -0.427. The molecule has 2 fully saturated rings. The number of piperazine rings is 1. The summed E-state index contributed by atoms with van der Waals surface area (Å²) in [5, 5.41) is 0.659. The predicted octanol–water partition coefficient (Wildman–Crippen LogP) is 4.62. The van der Waals surface area contributed by atoms with Crippen LogP contribution < -0.4 is 20.4 Å². The van der Waals surface area contributed by atoms with Crippen molar-refractivity contribution in [2.45, 2.75) is 38.8 Å². The molecule has 178 valence electrons. The first kappa shape index (κ1) is 22.7. The fourth-order valence-electron chi connectivity index (χ4n) is 4.88. The summed E-state index contributed by atoms with van der Waals surface area (Å²) >= 11 is 6.40. The Kier molecular flexibility index (Phi) is 6.16. The number of pyridine rings is 1. The number of nitrogen functional groups attached to an aromatic ring is 1. The van der Waals surface area contributed by atoms with Gasteiger partial charge < -0.3 is 20.4 Å². The minimum absolute atomic E-state index is 0.114. The molecular formula is C25H29ClFN7. The van der Waals surface area contributed by atoms with Crippen LogP contribution in [0.5, 0.6) is 0 Å². The van der Waals surface area contributed by atoms with Crippen LogP contribution in [0.25, 0.3) is 11.3 Å². The maximum atomic E-state index is 13.8. The molecule has 0 spiro atoms. The van der Waals surface area contributed by atoms with Gasteiger partial charge in [-0.1, -0.05) is 11.6 Å². The lowest BCUT2D eigenvalue weighted by atomic mass is 10.1. The third-order valence-corrected chi connectivity index (χ3v) is 7.06. The van der Waals surface area contributed by atoms with Crippen LogP contribution in [0.1, 0.15) is 26.7 Å². The summed E-state index contributed by atoms with van der Waals surface area (Å²) in [5.41, 5.74) is 7.50. The molecule has 3 aromatic rings. The topological polar surface area (TPSA) is 74.4 Å². The second-order valence-electron chi connectivity index (χ2n) is 9.13. The number of benzene rings is 1. The van der Waals surface area contributed by atoms with Crippen molar-refractivity contribution in [1.29, 1.82) is 0 Å². The van der Waals surface area contributed by atoms with E-state index in [4.69, 9.17) is 27.3 Å². The number of halogens is 2. The molecule has 2 aromatic heterocycles. The molecule has 34 heavy (non-hydrogen) atoms. The van der Waals surface area contributed by atoms with Crippen LogP contribution in [-0.4, -0.2) is 53.2 Å². The zero-order valence-electron chi connectivity index (χ0n) is 19.5. The first-order valence-electron chi connectivity index (χ1n) is 11.7. The maximum Gasteiger partial charge on any atom is 0.228 e. The third-order valence-electron chi connectivity index (χ3n) is 6.76. The van der Waals surface area contributed by atoms with Gasteiger partial charge in [0.2, 0.25) is 5.95 Å². The van der Waals surface area contributed by atoms with Crippen LogP contribution in [0.3, 0.4) is 0 Å². The fraction of sp³-hybridized carbons (Fsp3) is 0.400. The summed E-state index contributed by atoms with van der Waals surface area (Å²) in [4.78, 5) is 21.1. The van der Waals surface area contributed by atoms with Crippen molar-refractivity contribution in [3.8, 4) is 11.3 Å². The Labute approximate surface area is 204 Å². The number of rotatable bonds is 4. The number of hydrogen-bond donors (Lipinski definition) is 1. The van der Waals surface area contributed by atoms with Gasteiger partial charge in [-0.25, -0.2) is 14.4 Å². The van der Waals surface area contributed by atoms with E-state index < -0.39 is 5.82 Å². The van der Waals surface area contributed by atoms with Crippen molar-refractivity contribution >= 4 is 34.9 Å². The highest BCUT2D eigenvalue weighted by Crippen LogP contribution is 2.32. The highest BCUT2D eigenvalue weighted by molar-refractivity contribution is 6.32. The lowest BCUT2D eigenvalue weighted by Crippen LogP contribution is -2.52. The van der Waals surface area contributed by atoms with Gasteiger partial charge in [-0.3, -0.25) is 0 Å². The van der Waals surface area contributed by atoms with E-state index in [1.54, 1.807) is 18.3 Å². The van der Waals surface area contributed by atoms with Crippen molar-refractivity contribution in [1.82, 2.24) is 15.0 Å². The van der Waals surface area contributed by atoms with Gasteiger partial charge in [0.1, 0.15) is 17.5 Å². The number of hydrogen-bond acceptors (Lipinski definition) is 7. The normalized spacial score (nSPS) is 20.8. The van der Waals surface area contributed by atoms with Gasteiger partial charge in [0.25, 0.3) is 0 Å². The molecule has 2 aliphatic heterocycles. The van der Waals surface area contributed by atoms with E-state index in [1.165, 1.54) is 6.07 Å². The summed E-state index contributed by atoms with van der Waals surface area (Å²) in [6.45, 7) is 7.63. The first-order chi connectivity index (χ1) is 16.4. The van der Waals surface area contributed by atoms with Gasteiger partial charge in [0, 0.05) is 56.1 Å². The molecule has 0 unspecified atom stereocenters. The van der Waals surface area contributed by atoms with Crippen molar-refractivity contribution in [2.24, 2.45) is 0 Å². The van der Waals surface area contributed by atoms with Crippen LogP contribution >= 0.6 is 11.6 Å². The molecule has 2 N–H and O–H groups in total. The Hall–Kier alpha value is -3.13. The quantitative estimate of drug-likeness (QED) is 0.545. The van der Waals surface area contributed by atoms with Crippen molar-refractivity contribution in [3.63, 3.8) is 0 Å². The van der Waals surface area contributed by atoms with E-state index in [0.29, 0.717) is 17.0 Å². The van der Waals surface area contributed by atoms with Gasteiger partial charge >= 0.3 is 0 Å². The molecule has 7 nitrogen and oxygen atoms in total. The number of nitrogens with two attached hydrogens (primary N) is 1. The standard InChI is InChI=1S/C25H29ClFN7/c1-16-5-4-10-34(16)25-30-22(18-7-8-20(27)21(28)13-18)14-23(31-25)33-12-11-32(15-17(33)2)24-19(26)6-3-9-29-24/h3,6-9,13-14,16-17H,4-5,10-12,15,28H2,1-2H3/t16-,17-/m1/s1. The maximum absolute atomic E-state index is 13.8. The average molecular weight is 482 g/mol. The molecule has 0 bridgehead atoms. The molecule has 0 radical (unpaired) electrons. The Morgan fingerprint density at radius 2 is 1.88 bits per heavy atom. The van der Waals surface area contributed by atoms with Crippen LogP contribution in [0.4, 0.5) is 27.7 Å². The molecule has 1 aromatic carbocycles. The molecule has 0 aliphatic carbocycles. The zero-order chi connectivity index (χ0) is 23.8. The van der Waals surface area contributed by atoms with E-state index in [9.17, 15) is 4.39 Å². The van der Waals surface area contributed by atoms with Crippen LogP contribution in [0.15, 0.2) is 42.6 Å². The number of aromatic nitrogens is 3. The number of anilines is 4. The molecule has 2 aliphatic rings. The SMILES string of the molecule is C[C@@H]1CN(c2ncccc2Cl)CCN1c1cc(-c2ccc(F)c(N)c2)nc(N2CCC[C@H]2C)n1. The van der Waals surface area contributed by atoms with Gasteiger partial charge in [-0.05, 0) is 57.0 Å². The number of nitrogens with zero attached hydrogens (tertiary/aromatic N) is 6. The predicted molar refractivity (Wildman–Crippen MR) is 136 cm³/mol. The first-order valence-corrected chi connectivity index (χ1v) is 12.1. The van der Waals surface area contributed by atoms with Crippen molar-refractivity contribution in [2.75, 3.05) is 46.6 Å². The molecule has 0 amide bonds. The largest absolute Gasteiger partial charge is 0.396 e. The van der Waals surface area contributed by atoms with Crippen molar-refractivity contribution < 1.29 is 4.39 Å². The van der Waals surface area contributed by atoms with Gasteiger partial charge in [0.15, 0.2) is 0 Å². The Bertz CT molecular complexity index is 1190. The molecular weight excluding hydrogens is 453 g/mol. The van der Waals surface area contributed by atoms with Gasteiger partial charge in [0.05, 0.1) is 16.4 Å². The summed E-state index contributed by atoms with van der Waals surface area (Å²) in [7, 11) is 0. The third kappa shape index (κ3) is 4.34. The minimum Gasteiger partial charge on any atom is -0.396 e. The van der Waals surface area contributed by atoms with E-state index in [2.05, 4.69) is 33.5 Å². The molecule has 0 saturated carbocycles. The monoisotopic (exact) mass is 481 g/mol. The summed E-state index contributed by atoms with van der Waals surface area (Å²) in [5.74, 6) is 1.96. The molecule has 2 saturated heterocycles. The Morgan fingerprint density at radius 3 is 2.59 bits per heavy atom. The molecule has 4 heterocycles. The second kappa shape index (κ2) is 9.25. The van der Waals surface area contributed by atoms with E-state index in [0.717, 1.165) is 61.9 Å². The highest BCUT2D eigenvalue weighted by atomic mass is 35.5.